The number of benzene rings is 2. The maximum absolute atomic E-state index is 12.9. The maximum atomic E-state index is 12.9. The van der Waals surface area contributed by atoms with E-state index in [1.54, 1.807) is 40.7 Å². The quantitative estimate of drug-likeness (QED) is 0.553. The van der Waals surface area contributed by atoms with Crippen molar-refractivity contribution < 1.29 is 13.2 Å². The van der Waals surface area contributed by atoms with E-state index in [2.05, 4.69) is 5.32 Å². The lowest BCUT2D eigenvalue weighted by Crippen LogP contribution is -2.31. The summed E-state index contributed by atoms with van der Waals surface area (Å²) in [5.74, 6) is -0.111. The molecule has 8 heteroatoms. The number of nitrogens with one attached hydrogen (secondary N) is 1. The average Bonchev–Trinajstić information content (AvgIpc) is 3.04. The van der Waals surface area contributed by atoms with Crippen LogP contribution in [0.4, 0.5) is 5.69 Å². The van der Waals surface area contributed by atoms with E-state index in [0.29, 0.717) is 30.2 Å². The van der Waals surface area contributed by atoms with E-state index < -0.39 is 10.0 Å². The second-order valence-electron chi connectivity index (χ2n) is 7.30. The van der Waals surface area contributed by atoms with Gasteiger partial charge in [-0.05, 0) is 67.8 Å². The molecule has 162 valence electrons. The molecule has 3 rings (SSSR count). The van der Waals surface area contributed by atoms with Crippen molar-refractivity contribution in [2.24, 2.45) is 0 Å². The zero-order chi connectivity index (χ0) is 21.6. The Balaban J connectivity index is 1.65. The van der Waals surface area contributed by atoms with Gasteiger partial charge in [0.15, 0.2) is 0 Å². The lowest BCUT2D eigenvalue weighted by atomic mass is 10.2. The number of rotatable bonds is 7. The molecule has 1 N–H and O–H groups in total. The van der Waals surface area contributed by atoms with Crippen LogP contribution in [0.3, 0.4) is 0 Å². The molecule has 0 aliphatic carbocycles. The fourth-order valence-electron chi connectivity index (χ4n) is 3.36. The molecule has 1 aliphatic rings. The van der Waals surface area contributed by atoms with Gasteiger partial charge in [0.2, 0.25) is 15.9 Å². The third-order valence-electron chi connectivity index (χ3n) is 5.08. The number of hydrogen-bond acceptors (Lipinski definition) is 4. The molecule has 0 aromatic heterocycles. The number of amides is 1. The van der Waals surface area contributed by atoms with Crippen LogP contribution in [0.1, 0.15) is 39.0 Å². The Bertz CT molecular complexity index is 939. The summed E-state index contributed by atoms with van der Waals surface area (Å²) in [6.45, 7) is 3.10. The molecule has 1 fully saturated rings. The van der Waals surface area contributed by atoms with Crippen LogP contribution in [-0.2, 0) is 14.8 Å². The summed E-state index contributed by atoms with van der Waals surface area (Å²) in [6.07, 6.45) is 4.61. The molecule has 1 saturated heterocycles. The third-order valence-corrected chi connectivity index (χ3v) is 8.62. The van der Waals surface area contributed by atoms with Gasteiger partial charge in [0.25, 0.3) is 0 Å². The Morgan fingerprint density at radius 2 is 1.63 bits per heavy atom. The highest BCUT2D eigenvalue weighted by atomic mass is 35.5. The van der Waals surface area contributed by atoms with Gasteiger partial charge in [0.05, 0.1) is 10.1 Å². The van der Waals surface area contributed by atoms with E-state index >= 15 is 0 Å². The number of thioether (sulfide) groups is 1. The van der Waals surface area contributed by atoms with Crippen LogP contribution in [0.15, 0.2) is 58.3 Å². The topological polar surface area (TPSA) is 66.5 Å². The van der Waals surface area contributed by atoms with Gasteiger partial charge >= 0.3 is 0 Å². The molecule has 5 nitrogen and oxygen atoms in total. The first-order valence-electron chi connectivity index (χ1n) is 10.2. The maximum Gasteiger partial charge on any atom is 0.243 e. The van der Waals surface area contributed by atoms with Crippen molar-refractivity contribution in [3.05, 3.63) is 53.6 Å². The molecular weight excluding hydrogens is 440 g/mol. The van der Waals surface area contributed by atoms with Crippen LogP contribution in [-0.4, -0.2) is 37.0 Å². The molecule has 1 amide bonds. The van der Waals surface area contributed by atoms with Gasteiger partial charge in [-0.2, -0.15) is 4.31 Å². The van der Waals surface area contributed by atoms with Crippen LogP contribution in [0.5, 0.6) is 0 Å². The lowest BCUT2D eigenvalue weighted by Gasteiger charge is -2.20. The first-order chi connectivity index (χ1) is 14.4. The lowest BCUT2D eigenvalue weighted by molar-refractivity contribution is -0.115. The SMILES string of the molecule is CCC(Sc1ccc(Cl)cc1)C(=O)Nc1ccc(S(=O)(=O)N2CCCCCC2)cc1. The summed E-state index contributed by atoms with van der Waals surface area (Å²) in [6, 6.07) is 13.9. The second-order valence-corrected chi connectivity index (χ2v) is 11.0. The minimum atomic E-state index is -3.49. The first kappa shape index (κ1) is 23.1. The van der Waals surface area contributed by atoms with Gasteiger partial charge in [0.1, 0.15) is 0 Å². The Hall–Kier alpha value is -1.54. The van der Waals surface area contributed by atoms with Crippen LogP contribution in [0.25, 0.3) is 0 Å². The largest absolute Gasteiger partial charge is 0.325 e. The summed E-state index contributed by atoms with van der Waals surface area (Å²) < 4.78 is 27.3. The van der Waals surface area contributed by atoms with Crippen molar-refractivity contribution in [1.29, 1.82) is 0 Å². The minimum Gasteiger partial charge on any atom is -0.325 e. The summed E-state index contributed by atoms with van der Waals surface area (Å²) in [4.78, 5) is 13.9. The van der Waals surface area contributed by atoms with Gasteiger partial charge in [-0.3, -0.25) is 4.79 Å². The molecule has 0 spiro atoms. The number of nitrogens with zero attached hydrogens (tertiary/aromatic N) is 1. The van der Waals surface area contributed by atoms with Crippen molar-refractivity contribution in [2.75, 3.05) is 18.4 Å². The highest BCUT2D eigenvalue weighted by molar-refractivity contribution is 8.00. The number of halogens is 1. The summed E-state index contributed by atoms with van der Waals surface area (Å²) in [5, 5.41) is 3.30. The molecule has 1 aliphatic heterocycles. The van der Waals surface area contributed by atoms with E-state index in [4.69, 9.17) is 11.6 Å². The van der Waals surface area contributed by atoms with Crippen molar-refractivity contribution in [1.82, 2.24) is 4.31 Å². The monoisotopic (exact) mass is 466 g/mol. The second kappa shape index (κ2) is 10.7. The Morgan fingerprint density at radius 1 is 1.03 bits per heavy atom. The van der Waals surface area contributed by atoms with Gasteiger partial charge in [-0.15, -0.1) is 11.8 Å². The Labute approximate surface area is 188 Å². The average molecular weight is 467 g/mol. The van der Waals surface area contributed by atoms with Gasteiger partial charge in [0, 0.05) is 28.7 Å². The Kier molecular flexibility index (Phi) is 8.22. The smallest absolute Gasteiger partial charge is 0.243 e. The highest BCUT2D eigenvalue weighted by Gasteiger charge is 2.25. The zero-order valence-corrected chi connectivity index (χ0v) is 19.4. The number of sulfonamides is 1. The molecule has 2 aromatic rings. The predicted molar refractivity (Wildman–Crippen MR) is 124 cm³/mol. The third kappa shape index (κ3) is 6.00. The molecule has 1 unspecified atom stereocenters. The van der Waals surface area contributed by atoms with Crippen LogP contribution in [0.2, 0.25) is 5.02 Å². The van der Waals surface area contributed by atoms with Crippen molar-refractivity contribution in [2.45, 2.75) is 54.1 Å². The minimum absolute atomic E-state index is 0.111. The van der Waals surface area contributed by atoms with E-state index in [-0.39, 0.29) is 16.1 Å². The number of carbonyl (C=O) groups excluding carboxylic acids is 1. The van der Waals surface area contributed by atoms with Crippen molar-refractivity contribution >= 4 is 45.0 Å². The predicted octanol–water partition coefficient (Wildman–Crippen LogP) is 5.41. The van der Waals surface area contributed by atoms with Gasteiger partial charge in [-0.25, -0.2) is 8.42 Å². The van der Waals surface area contributed by atoms with E-state index in [1.807, 2.05) is 19.1 Å². The molecule has 0 radical (unpaired) electrons. The zero-order valence-electron chi connectivity index (χ0n) is 17.0. The molecule has 30 heavy (non-hydrogen) atoms. The van der Waals surface area contributed by atoms with Crippen LogP contribution in [0, 0.1) is 0 Å². The normalized spacial score (nSPS) is 16.6. The molecule has 1 atom stereocenters. The van der Waals surface area contributed by atoms with E-state index in [9.17, 15) is 13.2 Å². The number of hydrogen-bond donors (Lipinski definition) is 1. The Morgan fingerprint density at radius 3 is 2.20 bits per heavy atom. The fraction of sp³-hybridized carbons (Fsp3) is 0.409. The molecular formula is C22H27ClN2O3S2. The summed E-state index contributed by atoms with van der Waals surface area (Å²) in [5.41, 5.74) is 0.588. The molecule has 2 aromatic carbocycles. The number of anilines is 1. The summed E-state index contributed by atoms with van der Waals surface area (Å²) in [7, 11) is -3.49. The fourth-order valence-corrected chi connectivity index (χ4v) is 5.96. The van der Waals surface area contributed by atoms with Crippen molar-refractivity contribution in [3.8, 4) is 0 Å². The van der Waals surface area contributed by atoms with Gasteiger partial charge in [-0.1, -0.05) is 31.4 Å². The summed E-state index contributed by atoms with van der Waals surface area (Å²) >= 11 is 7.40. The van der Waals surface area contributed by atoms with Crippen LogP contribution < -0.4 is 5.32 Å². The molecule has 0 saturated carbocycles. The molecule has 0 bridgehead atoms. The highest BCUT2D eigenvalue weighted by Crippen LogP contribution is 2.28. The first-order valence-corrected chi connectivity index (χ1v) is 12.9. The van der Waals surface area contributed by atoms with Crippen molar-refractivity contribution in [3.63, 3.8) is 0 Å². The van der Waals surface area contributed by atoms with Crippen LogP contribution >= 0.6 is 23.4 Å². The molecule has 1 heterocycles. The van der Waals surface area contributed by atoms with E-state index in [0.717, 1.165) is 30.6 Å². The standard InChI is InChI=1S/C22H27ClN2O3S2/c1-2-21(29-19-11-7-17(23)8-12-19)22(26)24-18-9-13-20(14-10-18)30(27,28)25-15-5-3-4-6-16-25/h7-14,21H,2-6,15-16H2,1H3,(H,24,26). The van der Waals surface area contributed by atoms with E-state index in [1.165, 1.54) is 11.8 Å². The number of carbonyl (C=O) groups is 1. The van der Waals surface area contributed by atoms with Gasteiger partial charge < -0.3 is 5.32 Å².